The maximum absolute atomic E-state index is 2.47. The van der Waals surface area contributed by atoms with Crippen LogP contribution < -0.4 is 4.57 Å². The minimum atomic E-state index is 0.554. The molecule has 0 aliphatic rings. The van der Waals surface area contributed by atoms with E-state index in [2.05, 4.69) is 55.9 Å². The fraction of sp³-hybridized carbons (Fsp3) is 0.900. The maximum atomic E-state index is 2.47. The second kappa shape index (κ2) is 38.9. The SMILES string of the molecule is CCCCCCCCCCCCCCCCC(CCCCCCCCCCCCC)(CCCCCCCCCCCCC)CC[n+]1ccccc1. The van der Waals surface area contributed by atoms with Crippen LogP contribution in [0.1, 0.15) is 278 Å². The molecule has 1 heterocycles. The van der Waals surface area contributed by atoms with Crippen molar-refractivity contribution >= 4 is 0 Å². The topological polar surface area (TPSA) is 3.88 Å². The van der Waals surface area contributed by atoms with Gasteiger partial charge in [0.15, 0.2) is 12.4 Å². The molecule has 300 valence electrons. The highest BCUT2D eigenvalue weighted by atomic mass is 14.9. The molecule has 1 aromatic heterocycles. The van der Waals surface area contributed by atoms with Gasteiger partial charge < -0.3 is 0 Å². The Labute approximate surface area is 323 Å². The smallest absolute Gasteiger partial charge is 0.168 e. The van der Waals surface area contributed by atoms with Crippen molar-refractivity contribution in [2.75, 3.05) is 0 Å². The Hall–Kier alpha value is -0.850. The number of hydrogen-bond acceptors (Lipinski definition) is 0. The average molecular weight is 711 g/mol. The third kappa shape index (κ3) is 32.3. The molecule has 0 N–H and O–H groups in total. The van der Waals surface area contributed by atoms with Crippen molar-refractivity contribution in [1.82, 2.24) is 0 Å². The summed E-state index contributed by atoms with van der Waals surface area (Å²) in [5.74, 6) is 0. The summed E-state index contributed by atoms with van der Waals surface area (Å²) in [6, 6.07) is 6.63. The lowest BCUT2D eigenvalue weighted by Gasteiger charge is -2.34. The molecule has 1 heteroatoms. The lowest BCUT2D eigenvalue weighted by molar-refractivity contribution is -0.699. The van der Waals surface area contributed by atoms with Crippen LogP contribution in [0.3, 0.4) is 0 Å². The average Bonchev–Trinajstić information content (AvgIpc) is 3.15. The van der Waals surface area contributed by atoms with Gasteiger partial charge >= 0.3 is 0 Å². The van der Waals surface area contributed by atoms with E-state index in [4.69, 9.17) is 0 Å². The van der Waals surface area contributed by atoms with E-state index in [9.17, 15) is 0 Å². The number of aromatic nitrogens is 1. The van der Waals surface area contributed by atoms with Gasteiger partial charge in [0.05, 0.1) is 0 Å². The standard InChI is InChI=1S/C50H96N/c1-4-7-10-13-16-19-22-23-24-27-30-33-36-40-45-50(46-49-51-47-41-37-42-48-51,43-38-34-31-28-25-20-17-14-11-8-5-2)44-39-35-32-29-26-21-18-15-12-9-6-3/h37,41-42,47-48H,4-36,38-40,43-46,49H2,1-3H3/q+1. The molecule has 0 unspecified atom stereocenters. The van der Waals surface area contributed by atoms with Gasteiger partial charge in [0.2, 0.25) is 0 Å². The van der Waals surface area contributed by atoms with E-state index in [1.165, 1.54) is 263 Å². The second-order valence-electron chi connectivity index (χ2n) is 17.3. The molecule has 0 aromatic carbocycles. The number of pyridine rings is 1. The normalized spacial score (nSPS) is 11.9. The predicted octanol–water partition coefficient (Wildman–Crippen LogP) is 17.6. The molecule has 0 aliphatic heterocycles. The van der Waals surface area contributed by atoms with Gasteiger partial charge in [-0.15, -0.1) is 0 Å². The number of unbranched alkanes of at least 4 members (excludes halogenated alkanes) is 33. The molecule has 0 radical (unpaired) electrons. The quantitative estimate of drug-likeness (QED) is 0.0470. The molecule has 51 heavy (non-hydrogen) atoms. The number of nitrogens with zero attached hydrogens (tertiary/aromatic N) is 1. The van der Waals surface area contributed by atoms with Crippen LogP contribution in [-0.2, 0) is 6.54 Å². The third-order valence-corrected chi connectivity index (χ3v) is 12.4. The second-order valence-corrected chi connectivity index (χ2v) is 17.3. The van der Waals surface area contributed by atoms with Gasteiger partial charge in [-0.3, -0.25) is 0 Å². The van der Waals surface area contributed by atoms with Crippen molar-refractivity contribution in [3.8, 4) is 0 Å². The van der Waals surface area contributed by atoms with Gasteiger partial charge in [-0.2, -0.15) is 0 Å². The third-order valence-electron chi connectivity index (χ3n) is 12.4. The van der Waals surface area contributed by atoms with Gasteiger partial charge in [-0.1, -0.05) is 258 Å². The molecule has 0 atom stereocenters. The van der Waals surface area contributed by atoms with Gasteiger partial charge in [-0.05, 0) is 24.7 Å². The Bertz CT molecular complexity index is 745. The van der Waals surface area contributed by atoms with E-state index in [1.807, 2.05) is 0 Å². The summed E-state index contributed by atoms with van der Waals surface area (Å²) >= 11 is 0. The van der Waals surface area contributed by atoms with Crippen LogP contribution >= 0.6 is 0 Å². The van der Waals surface area contributed by atoms with E-state index < -0.39 is 0 Å². The fourth-order valence-corrected chi connectivity index (χ4v) is 8.72. The van der Waals surface area contributed by atoms with E-state index in [-0.39, 0.29) is 0 Å². The highest BCUT2D eigenvalue weighted by Gasteiger charge is 2.30. The Morgan fingerprint density at radius 2 is 0.510 bits per heavy atom. The Kier molecular flexibility index (Phi) is 36.7. The summed E-state index contributed by atoms with van der Waals surface area (Å²) in [5.41, 5.74) is 0.554. The Balaban J connectivity index is 2.53. The molecule has 0 saturated carbocycles. The zero-order chi connectivity index (χ0) is 36.6. The lowest BCUT2D eigenvalue weighted by atomic mass is 9.71. The molecule has 0 saturated heterocycles. The van der Waals surface area contributed by atoms with Crippen molar-refractivity contribution in [2.45, 2.75) is 284 Å². The first-order valence-electron chi connectivity index (χ1n) is 24.2. The summed E-state index contributed by atoms with van der Waals surface area (Å²) in [5, 5.41) is 0. The first kappa shape index (κ1) is 48.2. The number of aryl methyl sites for hydroxylation is 1. The molecule has 0 bridgehead atoms. The number of rotatable bonds is 42. The van der Waals surface area contributed by atoms with Crippen LogP contribution in [0.5, 0.6) is 0 Å². The molecule has 1 nitrogen and oxygen atoms in total. The zero-order valence-corrected chi connectivity index (χ0v) is 35.8. The molecule has 0 aliphatic carbocycles. The molecule has 0 amide bonds. The van der Waals surface area contributed by atoms with Crippen molar-refractivity contribution in [1.29, 1.82) is 0 Å². The first-order chi connectivity index (χ1) is 25.3. The minimum Gasteiger partial charge on any atom is -0.205 e. The van der Waals surface area contributed by atoms with Gasteiger partial charge in [0, 0.05) is 18.6 Å². The van der Waals surface area contributed by atoms with Crippen LogP contribution in [-0.4, -0.2) is 0 Å². The molecule has 1 rings (SSSR count). The highest BCUT2D eigenvalue weighted by molar-refractivity contribution is 4.84. The molecule has 1 aromatic rings. The molecule has 0 fully saturated rings. The monoisotopic (exact) mass is 711 g/mol. The van der Waals surface area contributed by atoms with Crippen LogP contribution in [0, 0.1) is 5.41 Å². The van der Waals surface area contributed by atoms with Crippen molar-refractivity contribution in [3.63, 3.8) is 0 Å². The van der Waals surface area contributed by atoms with E-state index >= 15 is 0 Å². The zero-order valence-electron chi connectivity index (χ0n) is 35.8. The highest BCUT2D eigenvalue weighted by Crippen LogP contribution is 2.41. The largest absolute Gasteiger partial charge is 0.205 e. The molecule has 0 spiro atoms. The fourth-order valence-electron chi connectivity index (χ4n) is 8.72. The van der Waals surface area contributed by atoms with Crippen LogP contribution in [0.25, 0.3) is 0 Å². The van der Waals surface area contributed by atoms with E-state index in [1.54, 1.807) is 0 Å². The molecular weight excluding hydrogens is 615 g/mol. The van der Waals surface area contributed by atoms with Gasteiger partial charge in [0.25, 0.3) is 0 Å². The lowest BCUT2D eigenvalue weighted by Crippen LogP contribution is -2.36. The summed E-state index contributed by atoms with van der Waals surface area (Å²) in [6.45, 7) is 8.18. The summed E-state index contributed by atoms with van der Waals surface area (Å²) < 4.78 is 2.47. The number of hydrogen-bond donors (Lipinski definition) is 0. The first-order valence-corrected chi connectivity index (χ1v) is 24.2. The Morgan fingerprint density at radius 3 is 0.765 bits per heavy atom. The summed E-state index contributed by atoms with van der Waals surface area (Å²) in [6.07, 6.45) is 62.9. The summed E-state index contributed by atoms with van der Waals surface area (Å²) in [7, 11) is 0. The van der Waals surface area contributed by atoms with Crippen LogP contribution in [0.4, 0.5) is 0 Å². The van der Waals surface area contributed by atoms with Crippen molar-refractivity contribution in [3.05, 3.63) is 30.6 Å². The van der Waals surface area contributed by atoms with Gasteiger partial charge in [-0.25, -0.2) is 4.57 Å². The van der Waals surface area contributed by atoms with Crippen LogP contribution in [0.2, 0.25) is 0 Å². The predicted molar refractivity (Wildman–Crippen MR) is 231 cm³/mol. The van der Waals surface area contributed by atoms with Crippen molar-refractivity contribution < 1.29 is 4.57 Å². The van der Waals surface area contributed by atoms with Gasteiger partial charge in [0.1, 0.15) is 6.54 Å². The van der Waals surface area contributed by atoms with Crippen molar-refractivity contribution in [2.24, 2.45) is 5.41 Å². The minimum absolute atomic E-state index is 0.554. The maximum Gasteiger partial charge on any atom is 0.168 e. The Morgan fingerprint density at radius 1 is 0.275 bits per heavy atom. The van der Waals surface area contributed by atoms with E-state index in [0.29, 0.717) is 5.41 Å². The van der Waals surface area contributed by atoms with E-state index in [0.717, 1.165) is 0 Å². The van der Waals surface area contributed by atoms with Crippen LogP contribution in [0.15, 0.2) is 30.6 Å². The summed E-state index contributed by atoms with van der Waals surface area (Å²) in [4.78, 5) is 0. The molecular formula is C50H96N+.